The number of carbonyl (C=O) groups is 3. The Hall–Kier alpha value is -2.29. The van der Waals surface area contributed by atoms with Crippen LogP contribution in [0.15, 0.2) is 4.99 Å². The number of carbonyl (C=O) groups excluding carboxylic acids is 3. The summed E-state index contributed by atoms with van der Waals surface area (Å²) in [5.41, 5.74) is 1.88. The molecule has 2 aliphatic heterocycles. The van der Waals surface area contributed by atoms with Gasteiger partial charge in [-0.25, -0.2) is 15.2 Å². The number of likely N-dealkylation sites (N-methyl/N-ethyl adjacent to an activating group) is 2. The molecule has 0 aromatic heterocycles. The van der Waals surface area contributed by atoms with Crippen molar-refractivity contribution >= 4 is 30.0 Å². The smallest absolute Gasteiger partial charge is 0.293 e. The lowest BCUT2D eigenvalue weighted by Crippen LogP contribution is -2.63. The Labute approximate surface area is 103 Å². The van der Waals surface area contributed by atoms with Crippen LogP contribution in [0.1, 0.15) is 0 Å². The van der Waals surface area contributed by atoms with Gasteiger partial charge in [0.15, 0.2) is 0 Å². The largest absolute Gasteiger partial charge is 0.334 e. The molecule has 2 heterocycles. The Morgan fingerprint density at radius 3 is 2.89 bits per heavy atom. The minimum absolute atomic E-state index is 0.358. The first-order valence-corrected chi connectivity index (χ1v) is 5.19. The molecule has 0 saturated carbocycles. The molecule has 1 unspecified atom stereocenters. The maximum absolute atomic E-state index is 12.1. The number of hydrazine groups is 1. The summed E-state index contributed by atoms with van der Waals surface area (Å²) in [5.74, 6) is 4.20. The standard InChI is InChI=1S/C9H12N6O3/c1-13-4-11-7-6(13)8(17)15(3-5(16)12-10)9(18)14(7)2/h4,6H,3,10H2,1-2H3/p+1. The van der Waals surface area contributed by atoms with E-state index in [4.69, 9.17) is 5.84 Å². The fraction of sp³-hybridized carbons (Fsp3) is 0.444. The normalized spacial score (nSPS) is 22.7. The zero-order valence-corrected chi connectivity index (χ0v) is 9.95. The number of aliphatic imine (C=N–C) groups is 1. The van der Waals surface area contributed by atoms with Crippen LogP contribution in [0.25, 0.3) is 0 Å². The maximum Gasteiger partial charge on any atom is 0.334 e. The molecule has 0 aliphatic carbocycles. The van der Waals surface area contributed by atoms with Crippen LogP contribution < -0.4 is 11.3 Å². The van der Waals surface area contributed by atoms with Gasteiger partial charge in [0.05, 0.1) is 7.05 Å². The van der Waals surface area contributed by atoms with Gasteiger partial charge in [-0.05, 0) is 4.99 Å². The average molecular weight is 253 g/mol. The van der Waals surface area contributed by atoms with Crippen LogP contribution in [0.5, 0.6) is 0 Å². The van der Waals surface area contributed by atoms with E-state index < -0.39 is 30.4 Å². The highest BCUT2D eigenvalue weighted by Crippen LogP contribution is 2.16. The fourth-order valence-electron chi connectivity index (χ4n) is 1.88. The molecule has 0 aromatic carbocycles. The Balaban J connectivity index is 2.30. The summed E-state index contributed by atoms with van der Waals surface area (Å²) < 4.78 is 1.58. The lowest BCUT2D eigenvalue weighted by Gasteiger charge is -2.32. The van der Waals surface area contributed by atoms with Crippen LogP contribution in [-0.2, 0) is 9.59 Å². The molecular weight excluding hydrogens is 240 g/mol. The second-order valence-corrected chi connectivity index (χ2v) is 4.00. The second kappa shape index (κ2) is 4.18. The lowest BCUT2D eigenvalue weighted by atomic mass is 10.1. The SMILES string of the molecule is CN1C(=O)N(CC(=O)NN)C(=O)C2C1=NC=[N+]2C. The molecule has 2 aliphatic rings. The first-order valence-electron chi connectivity index (χ1n) is 5.19. The Kier molecular flexibility index (Phi) is 2.83. The number of nitrogens with one attached hydrogen (secondary N) is 1. The van der Waals surface area contributed by atoms with Crippen LogP contribution in [0.4, 0.5) is 4.79 Å². The van der Waals surface area contributed by atoms with E-state index >= 15 is 0 Å². The average Bonchev–Trinajstić information content (AvgIpc) is 2.74. The van der Waals surface area contributed by atoms with Gasteiger partial charge in [-0.2, -0.15) is 0 Å². The molecule has 18 heavy (non-hydrogen) atoms. The molecule has 9 heteroatoms. The van der Waals surface area contributed by atoms with Gasteiger partial charge in [-0.3, -0.25) is 24.8 Å². The number of fused-ring (bicyclic) bond motifs is 1. The summed E-state index contributed by atoms with van der Waals surface area (Å²) >= 11 is 0. The van der Waals surface area contributed by atoms with Gasteiger partial charge in [-0.15, -0.1) is 0 Å². The molecule has 0 bridgehead atoms. The fourth-order valence-corrected chi connectivity index (χ4v) is 1.88. The highest BCUT2D eigenvalue weighted by atomic mass is 16.2. The van der Waals surface area contributed by atoms with Crippen LogP contribution in [0.3, 0.4) is 0 Å². The van der Waals surface area contributed by atoms with Gasteiger partial charge in [0, 0.05) is 7.05 Å². The molecule has 3 N–H and O–H groups in total. The number of nitrogens with two attached hydrogens (primary N) is 1. The predicted molar refractivity (Wildman–Crippen MR) is 60.7 cm³/mol. The molecule has 0 aromatic rings. The number of rotatable bonds is 2. The predicted octanol–water partition coefficient (Wildman–Crippen LogP) is -2.68. The number of imide groups is 1. The van der Waals surface area contributed by atoms with Crippen LogP contribution in [0.2, 0.25) is 0 Å². The van der Waals surface area contributed by atoms with Crippen LogP contribution in [0, 0.1) is 0 Å². The molecular formula is C9H13N6O3+. The highest BCUT2D eigenvalue weighted by Gasteiger charge is 2.51. The Morgan fingerprint density at radius 2 is 2.28 bits per heavy atom. The van der Waals surface area contributed by atoms with E-state index in [0.717, 1.165) is 4.90 Å². The Morgan fingerprint density at radius 1 is 1.61 bits per heavy atom. The van der Waals surface area contributed by atoms with Crippen molar-refractivity contribution in [1.29, 1.82) is 0 Å². The summed E-state index contributed by atoms with van der Waals surface area (Å²) in [6.07, 6.45) is 1.47. The number of amidine groups is 1. The van der Waals surface area contributed by atoms with E-state index in [1.807, 2.05) is 5.43 Å². The van der Waals surface area contributed by atoms with Gasteiger partial charge < -0.3 is 0 Å². The number of hydrogen-bond acceptors (Lipinski definition) is 5. The first kappa shape index (κ1) is 12.2. The molecule has 4 amide bonds. The monoisotopic (exact) mass is 253 g/mol. The van der Waals surface area contributed by atoms with Gasteiger partial charge >= 0.3 is 6.03 Å². The van der Waals surface area contributed by atoms with Crippen molar-refractivity contribution in [2.24, 2.45) is 10.8 Å². The van der Waals surface area contributed by atoms with E-state index in [9.17, 15) is 14.4 Å². The van der Waals surface area contributed by atoms with E-state index in [2.05, 4.69) is 4.99 Å². The highest BCUT2D eigenvalue weighted by molar-refractivity contribution is 6.22. The summed E-state index contributed by atoms with van der Waals surface area (Å²) in [6.45, 7) is -0.407. The third-order valence-corrected chi connectivity index (χ3v) is 2.85. The van der Waals surface area contributed by atoms with Crippen molar-refractivity contribution in [3.63, 3.8) is 0 Å². The minimum Gasteiger partial charge on any atom is -0.293 e. The van der Waals surface area contributed by atoms with Gasteiger partial charge in [-0.1, -0.05) is 0 Å². The zero-order chi connectivity index (χ0) is 13.4. The van der Waals surface area contributed by atoms with E-state index in [1.165, 1.54) is 18.3 Å². The molecule has 0 spiro atoms. The third kappa shape index (κ3) is 1.64. The molecule has 96 valence electrons. The van der Waals surface area contributed by atoms with E-state index in [1.54, 1.807) is 11.6 Å². The van der Waals surface area contributed by atoms with Crippen molar-refractivity contribution in [2.75, 3.05) is 20.6 Å². The lowest BCUT2D eigenvalue weighted by molar-refractivity contribution is -0.500. The summed E-state index contributed by atoms with van der Waals surface area (Å²) in [7, 11) is 3.17. The Bertz CT molecular complexity index is 497. The zero-order valence-electron chi connectivity index (χ0n) is 9.95. The topological polar surface area (TPSA) is 111 Å². The summed E-state index contributed by atoms with van der Waals surface area (Å²) in [6, 6.07) is -1.26. The molecule has 0 radical (unpaired) electrons. The van der Waals surface area contributed by atoms with Crippen molar-refractivity contribution in [2.45, 2.75) is 6.04 Å². The van der Waals surface area contributed by atoms with Crippen molar-refractivity contribution in [1.82, 2.24) is 15.2 Å². The molecule has 1 fully saturated rings. The molecule has 9 nitrogen and oxygen atoms in total. The van der Waals surface area contributed by atoms with Crippen LogP contribution >= 0.6 is 0 Å². The van der Waals surface area contributed by atoms with E-state index in [0.29, 0.717) is 5.84 Å². The maximum atomic E-state index is 12.1. The van der Waals surface area contributed by atoms with Crippen LogP contribution in [-0.4, -0.2) is 71.1 Å². The van der Waals surface area contributed by atoms with Crippen molar-refractivity contribution < 1.29 is 19.0 Å². The second-order valence-electron chi connectivity index (χ2n) is 4.00. The number of amides is 4. The molecule has 2 rings (SSSR count). The van der Waals surface area contributed by atoms with Crippen molar-refractivity contribution in [3.05, 3.63) is 0 Å². The molecule has 1 atom stereocenters. The summed E-state index contributed by atoms with van der Waals surface area (Å²) in [5, 5.41) is 0. The van der Waals surface area contributed by atoms with Crippen molar-refractivity contribution in [3.8, 4) is 0 Å². The third-order valence-electron chi connectivity index (χ3n) is 2.85. The molecule has 1 saturated heterocycles. The quantitative estimate of drug-likeness (QED) is 0.242. The van der Waals surface area contributed by atoms with Gasteiger partial charge in [0.25, 0.3) is 30.0 Å². The first-order chi connectivity index (χ1) is 8.47. The van der Waals surface area contributed by atoms with E-state index in [-0.39, 0.29) is 0 Å². The minimum atomic E-state index is -0.668. The summed E-state index contributed by atoms with van der Waals surface area (Å²) in [4.78, 5) is 41.4. The van der Waals surface area contributed by atoms with Gasteiger partial charge in [0.1, 0.15) is 6.54 Å². The number of urea groups is 1. The number of hydrogen-bond donors (Lipinski definition) is 2. The van der Waals surface area contributed by atoms with Gasteiger partial charge in [0.2, 0.25) is 0 Å². The number of nitrogens with zero attached hydrogens (tertiary/aromatic N) is 4.